The molecule has 3 heteroatoms. The Kier molecular flexibility index (Phi) is 0.938. The molecule has 0 aliphatic rings. The van der Waals surface area contributed by atoms with Crippen molar-refractivity contribution in [2.24, 2.45) is 0 Å². The van der Waals surface area contributed by atoms with Crippen molar-refractivity contribution >= 4 is 46.8 Å². The molecule has 2 aromatic carbocycles. The first-order chi connectivity index (χ1) is 9.77. The zero-order valence-corrected chi connectivity index (χ0v) is 8.12. The second-order valence-electron chi connectivity index (χ2n) is 2.99. The molecular formula is C12H6BClO. The topological polar surface area (TPSA) is 13.1 Å². The van der Waals surface area contributed by atoms with Crippen LogP contribution < -0.4 is 5.46 Å². The summed E-state index contributed by atoms with van der Waals surface area (Å²) in [6.45, 7) is 0. The smallest absolute Gasteiger partial charge is 0.136 e. The predicted octanol–water partition coefficient (Wildman–Crippen LogP) is 3.03. The van der Waals surface area contributed by atoms with Crippen LogP contribution >= 0.6 is 11.6 Å². The second kappa shape index (κ2) is 3.04. The highest BCUT2D eigenvalue weighted by Gasteiger charge is 2.06. The van der Waals surface area contributed by atoms with Gasteiger partial charge in [0.05, 0.1) is 8.22 Å². The number of hydrogen-bond donors (Lipinski definition) is 0. The van der Waals surface area contributed by atoms with Gasteiger partial charge in [-0.2, -0.15) is 0 Å². The summed E-state index contributed by atoms with van der Waals surface area (Å²) < 4.78 is 52.6. The Morgan fingerprint density at radius 2 is 1.73 bits per heavy atom. The monoisotopic (exact) mass is 218 g/mol. The van der Waals surface area contributed by atoms with Crippen LogP contribution in [0.15, 0.2) is 40.7 Å². The minimum Gasteiger partial charge on any atom is -0.456 e. The molecule has 3 rings (SSSR count). The maximum Gasteiger partial charge on any atom is 0.136 e. The van der Waals surface area contributed by atoms with Crippen molar-refractivity contribution in [3.63, 3.8) is 0 Å². The van der Waals surface area contributed by atoms with Gasteiger partial charge in [0, 0.05) is 21.8 Å². The normalized spacial score (nSPS) is 16.9. The first-order valence-electron chi connectivity index (χ1n) is 7.14. The molecule has 0 N–H and O–H groups in total. The summed E-state index contributed by atoms with van der Waals surface area (Å²) in [6.07, 6.45) is 0. The van der Waals surface area contributed by atoms with Crippen LogP contribution in [-0.4, -0.2) is 7.85 Å². The molecule has 15 heavy (non-hydrogen) atoms. The first kappa shape index (κ1) is 4.62. The fraction of sp³-hybridized carbons (Fsp3) is 0. The second-order valence-corrected chi connectivity index (χ2v) is 3.37. The standard InChI is InChI=1S/C12H6BClO/c13-7-1-3-9-10-4-2-8(14)6-12(10)15-11(9)5-7/h1-6H/i1D,2D,3D,4D,5D,6D. The van der Waals surface area contributed by atoms with E-state index in [1.165, 1.54) is 0 Å². The van der Waals surface area contributed by atoms with Gasteiger partial charge in [-0.25, -0.2) is 0 Å². The molecule has 70 valence electrons. The molecule has 0 fully saturated rings. The third-order valence-electron chi connectivity index (χ3n) is 2.00. The third kappa shape index (κ3) is 1.33. The van der Waals surface area contributed by atoms with Crippen LogP contribution in [0.3, 0.4) is 0 Å². The van der Waals surface area contributed by atoms with Gasteiger partial charge in [-0.15, -0.1) is 0 Å². The lowest BCUT2D eigenvalue weighted by atomic mass is 9.95. The highest BCUT2D eigenvalue weighted by molar-refractivity contribution is 6.33. The summed E-state index contributed by atoms with van der Waals surface area (Å²) in [5.41, 5.74) is -0.364. The van der Waals surface area contributed by atoms with Crippen molar-refractivity contribution in [2.45, 2.75) is 0 Å². The van der Waals surface area contributed by atoms with Crippen molar-refractivity contribution in [1.29, 1.82) is 0 Å². The van der Waals surface area contributed by atoms with Crippen LogP contribution in [0.1, 0.15) is 8.22 Å². The number of fused-ring (bicyclic) bond motifs is 3. The molecule has 0 aliphatic heterocycles. The maximum atomic E-state index is 7.97. The molecule has 0 atom stereocenters. The van der Waals surface area contributed by atoms with E-state index in [4.69, 9.17) is 32.1 Å². The predicted molar refractivity (Wildman–Crippen MR) is 64.1 cm³/mol. The zero-order chi connectivity index (χ0) is 15.6. The fourth-order valence-corrected chi connectivity index (χ4v) is 1.51. The van der Waals surface area contributed by atoms with Gasteiger partial charge in [-0.3, -0.25) is 0 Å². The number of hydrogen-bond acceptors (Lipinski definition) is 1. The van der Waals surface area contributed by atoms with Gasteiger partial charge in [0.15, 0.2) is 0 Å². The van der Waals surface area contributed by atoms with E-state index in [0.29, 0.717) is 0 Å². The summed E-state index contributed by atoms with van der Waals surface area (Å²) >= 11 is 5.82. The van der Waals surface area contributed by atoms with Gasteiger partial charge < -0.3 is 4.42 Å². The Morgan fingerprint density at radius 3 is 2.53 bits per heavy atom. The molecule has 1 heterocycles. The lowest BCUT2D eigenvalue weighted by Crippen LogP contribution is -1.98. The molecular weight excluding hydrogens is 206 g/mol. The number of halogens is 1. The van der Waals surface area contributed by atoms with Crippen LogP contribution in [0.5, 0.6) is 0 Å². The summed E-state index contributed by atoms with van der Waals surface area (Å²) in [5.74, 6) is 0. The van der Waals surface area contributed by atoms with Crippen LogP contribution in [0.2, 0.25) is 5.02 Å². The van der Waals surface area contributed by atoms with Crippen molar-refractivity contribution < 1.29 is 12.6 Å². The molecule has 0 saturated heterocycles. The van der Waals surface area contributed by atoms with E-state index in [1.807, 2.05) is 0 Å². The minimum atomic E-state index is -0.355. The lowest BCUT2D eigenvalue weighted by molar-refractivity contribution is 0.669. The molecule has 1 nitrogen and oxygen atoms in total. The van der Waals surface area contributed by atoms with E-state index >= 15 is 0 Å². The Hall–Kier alpha value is -1.41. The average molecular weight is 218 g/mol. The molecule has 2 radical (unpaired) electrons. The van der Waals surface area contributed by atoms with Crippen LogP contribution in [0, 0.1) is 0 Å². The highest BCUT2D eigenvalue weighted by Crippen LogP contribution is 2.29. The molecule has 0 aliphatic carbocycles. The van der Waals surface area contributed by atoms with Crippen LogP contribution in [-0.2, 0) is 0 Å². The highest BCUT2D eigenvalue weighted by atomic mass is 35.5. The summed E-state index contributed by atoms with van der Waals surface area (Å²) in [5, 5.41) is -0.155. The maximum absolute atomic E-state index is 7.97. The van der Waals surface area contributed by atoms with E-state index in [2.05, 4.69) is 0 Å². The molecule has 1 aromatic heterocycles. The Bertz CT molecular complexity index is 861. The largest absolute Gasteiger partial charge is 0.456 e. The quantitative estimate of drug-likeness (QED) is 0.529. The Morgan fingerprint density at radius 1 is 1.07 bits per heavy atom. The summed E-state index contributed by atoms with van der Waals surface area (Å²) in [6, 6.07) is -1.86. The van der Waals surface area contributed by atoms with Crippen LogP contribution in [0.25, 0.3) is 21.9 Å². The molecule has 0 unspecified atom stereocenters. The number of rotatable bonds is 0. The summed E-state index contributed by atoms with van der Waals surface area (Å²) in [7, 11) is 5.59. The first-order valence-corrected chi connectivity index (χ1v) is 4.51. The van der Waals surface area contributed by atoms with Crippen molar-refractivity contribution in [2.75, 3.05) is 0 Å². The van der Waals surface area contributed by atoms with E-state index in [-0.39, 0.29) is 68.7 Å². The Labute approximate surface area is 101 Å². The van der Waals surface area contributed by atoms with Gasteiger partial charge in [-0.1, -0.05) is 29.1 Å². The van der Waals surface area contributed by atoms with E-state index in [9.17, 15) is 0 Å². The average Bonchev–Trinajstić information content (AvgIpc) is 2.87. The third-order valence-corrected chi connectivity index (χ3v) is 2.19. The van der Waals surface area contributed by atoms with E-state index in [0.717, 1.165) is 0 Å². The molecule has 0 spiro atoms. The minimum absolute atomic E-state index is 0.0383. The number of benzene rings is 2. The van der Waals surface area contributed by atoms with Gasteiger partial charge in [0.1, 0.15) is 19.0 Å². The van der Waals surface area contributed by atoms with Gasteiger partial charge in [-0.05, 0) is 18.1 Å². The van der Waals surface area contributed by atoms with E-state index in [1.54, 1.807) is 0 Å². The molecule has 0 bridgehead atoms. The van der Waals surface area contributed by atoms with Crippen LogP contribution in [0.4, 0.5) is 0 Å². The zero-order valence-electron chi connectivity index (χ0n) is 13.4. The molecule has 3 aromatic rings. The lowest BCUT2D eigenvalue weighted by Gasteiger charge is -1.91. The number of furan rings is 1. The molecule has 0 saturated carbocycles. The van der Waals surface area contributed by atoms with Gasteiger partial charge >= 0.3 is 0 Å². The van der Waals surface area contributed by atoms with Crippen molar-refractivity contribution in [3.8, 4) is 0 Å². The van der Waals surface area contributed by atoms with Crippen molar-refractivity contribution in [1.82, 2.24) is 0 Å². The van der Waals surface area contributed by atoms with E-state index < -0.39 is 0 Å². The Balaban J connectivity index is 2.73. The van der Waals surface area contributed by atoms with Gasteiger partial charge in [0.2, 0.25) is 0 Å². The SMILES string of the molecule is [2H]c1c([B])c([2H])c2oc3c([2H])c(Cl)c([2H])c([2H])c3c2c1[2H]. The van der Waals surface area contributed by atoms with Crippen molar-refractivity contribution in [3.05, 3.63) is 41.3 Å². The fourth-order valence-electron chi connectivity index (χ4n) is 1.38. The summed E-state index contributed by atoms with van der Waals surface area (Å²) in [4.78, 5) is 0. The molecule has 0 amide bonds. The van der Waals surface area contributed by atoms with Gasteiger partial charge in [0.25, 0.3) is 0 Å².